The monoisotopic (exact) mass is 331 g/mol. The van der Waals surface area contributed by atoms with Gasteiger partial charge in [0.05, 0.1) is 12.2 Å². The van der Waals surface area contributed by atoms with Gasteiger partial charge in [-0.1, -0.05) is 6.07 Å². The zero-order chi connectivity index (χ0) is 17.1. The van der Waals surface area contributed by atoms with Crippen LogP contribution in [0, 0.1) is 12.7 Å². The fourth-order valence-electron chi connectivity index (χ4n) is 3.05. The van der Waals surface area contributed by atoms with Crippen molar-refractivity contribution in [3.05, 3.63) is 53.2 Å². The van der Waals surface area contributed by atoms with E-state index in [0.29, 0.717) is 12.2 Å². The maximum absolute atomic E-state index is 14.6. The van der Waals surface area contributed by atoms with Crippen LogP contribution < -0.4 is 10.2 Å². The van der Waals surface area contributed by atoms with E-state index in [2.05, 4.69) is 22.2 Å². The molecule has 24 heavy (non-hydrogen) atoms. The molecule has 2 heterocycles. The van der Waals surface area contributed by atoms with E-state index < -0.39 is 0 Å². The van der Waals surface area contributed by atoms with E-state index in [4.69, 9.17) is 4.42 Å². The van der Waals surface area contributed by atoms with Gasteiger partial charge in [0.15, 0.2) is 0 Å². The van der Waals surface area contributed by atoms with E-state index in [1.807, 2.05) is 38.1 Å². The van der Waals surface area contributed by atoms with Crippen molar-refractivity contribution >= 4 is 5.69 Å². The van der Waals surface area contributed by atoms with Gasteiger partial charge in [-0.05, 0) is 50.7 Å². The minimum absolute atomic E-state index is 0.0615. The summed E-state index contributed by atoms with van der Waals surface area (Å²) in [7, 11) is 2.10. The van der Waals surface area contributed by atoms with Crippen molar-refractivity contribution in [3.63, 3.8) is 0 Å². The molecule has 0 bridgehead atoms. The summed E-state index contributed by atoms with van der Waals surface area (Å²) in [6.07, 6.45) is 0. The van der Waals surface area contributed by atoms with Crippen molar-refractivity contribution in [2.45, 2.75) is 26.4 Å². The normalized spacial score (nSPS) is 17.2. The van der Waals surface area contributed by atoms with Crippen molar-refractivity contribution in [3.8, 4) is 0 Å². The number of halogens is 1. The van der Waals surface area contributed by atoms with Gasteiger partial charge < -0.3 is 19.5 Å². The lowest BCUT2D eigenvalue weighted by Crippen LogP contribution is -2.44. The second-order valence-corrected chi connectivity index (χ2v) is 6.62. The number of nitrogens with one attached hydrogen (secondary N) is 1. The molecule has 1 aliphatic rings. The Morgan fingerprint density at radius 2 is 1.92 bits per heavy atom. The Labute approximate surface area is 143 Å². The van der Waals surface area contributed by atoms with E-state index in [1.54, 1.807) is 6.07 Å². The first-order chi connectivity index (χ1) is 11.5. The predicted molar refractivity (Wildman–Crippen MR) is 94.8 cm³/mol. The summed E-state index contributed by atoms with van der Waals surface area (Å²) in [4.78, 5) is 4.40. The summed E-state index contributed by atoms with van der Waals surface area (Å²) in [5, 5.41) is 3.38. The second-order valence-electron chi connectivity index (χ2n) is 6.62. The molecule has 0 amide bonds. The first kappa shape index (κ1) is 17.0. The highest BCUT2D eigenvalue weighted by Gasteiger charge is 2.18. The molecule has 4 nitrogen and oxygen atoms in total. The Hall–Kier alpha value is -1.85. The van der Waals surface area contributed by atoms with Gasteiger partial charge >= 0.3 is 0 Å². The lowest BCUT2D eigenvalue weighted by Gasteiger charge is -2.34. The Balaban J connectivity index is 1.63. The third kappa shape index (κ3) is 3.97. The van der Waals surface area contributed by atoms with Gasteiger partial charge in [-0.25, -0.2) is 4.39 Å². The molecule has 0 aliphatic carbocycles. The van der Waals surface area contributed by atoms with Gasteiger partial charge in [-0.3, -0.25) is 0 Å². The Bertz CT molecular complexity index is 677. The van der Waals surface area contributed by atoms with Crippen molar-refractivity contribution in [1.29, 1.82) is 0 Å². The average molecular weight is 331 g/mol. The van der Waals surface area contributed by atoms with Crippen LogP contribution in [0.5, 0.6) is 0 Å². The van der Waals surface area contributed by atoms with Crippen LogP contribution in [0.15, 0.2) is 34.7 Å². The van der Waals surface area contributed by atoms with Crippen molar-refractivity contribution < 1.29 is 8.81 Å². The zero-order valence-electron chi connectivity index (χ0n) is 14.7. The minimum Gasteiger partial charge on any atom is -0.465 e. The predicted octanol–water partition coefficient (Wildman–Crippen LogP) is 3.33. The van der Waals surface area contributed by atoms with Crippen LogP contribution in [-0.2, 0) is 6.54 Å². The number of benzene rings is 1. The Morgan fingerprint density at radius 1 is 1.17 bits per heavy atom. The molecule has 1 aliphatic heterocycles. The first-order valence-electron chi connectivity index (χ1n) is 8.54. The molecule has 1 aromatic heterocycles. The van der Waals surface area contributed by atoms with Gasteiger partial charge in [0.25, 0.3) is 0 Å². The molecule has 0 radical (unpaired) electrons. The second kappa shape index (κ2) is 7.36. The summed E-state index contributed by atoms with van der Waals surface area (Å²) in [5.74, 6) is 1.66. The van der Waals surface area contributed by atoms with Crippen molar-refractivity contribution in [1.82, 2.24) is 10.2 Å². The number of anilines is 1. The first-order valence-corrected chi connectivity index (χ1v) is 8.54. The molecule has 1 atom stereocenters. The van der Waals surface area contributed by atoms with E-state index >= 15 is 0 Å². The summed E-state index contributed by atoms with van der Waals surface area (Å²) >= 11 is 0. The summed E-state index contributed by atoms with van der Waals surface area (Å²) in [6, 6.07) is 9.55. The lowest BCUT2D eigenvalue weighted by molar-refractivity contribution is 0.311. The molecular formula is C19H26FN3O. The number of furan rings is 1. The molecule has 3 rings (SSSR count). The van der Waals surface area contributed by atoms with Gasteiger partial charge in [-0.2, -0.15) is 0 Å². The summed E-state index contributed by atoms with van der Waals surface area (Å²) < 4.78 is 20.1. The molecule has 1 N–H and O–H groups in total. The van der Waals surface area contributed by atoms with Crippen LogP contribution in [-0.4, -0.2) is 38.1 Å². The van der Waals surface area contributed by atoms with E-state index in [9.17, 15) is 4.39 Å². The third-order valence-electron chi connectivity index (χ3n) is 4.69. The molecule has 0 unspecified atom stereocenters. The number of hydrogen-bond donors (Lipinski definition) is 1. The van der Waals surface area contributed by atoms with E-state index in [1.165, 1.54) is 0 Å². The van der Waals surface area contributed by atoms with Gasteiger partial charge in [0.2, 0.25) is 0 Å². The largest absolute Gasteiger partial charge is 0.465 e. The number of piperazine rings is 1. The number of nitrogens with zero attached hydrogens (tertiary/aromatic N) is 2. The van der Waals surface area contributed by atoms with E-state index in [-0.39, 0.29) is 11.9 Å². The summed E-state index contributed by atoms with van der Waals surface area (Å²) in [5.41, 5.74) is 1.66. The quantitative estimate of drug-likeness (QED) is 0.911. The summed E-state index contributed by atoms with van der Waals surface area (Å²) in [6.45, 7) is 8.30. The number of rotatable bonds is 5. The number of likely N-dealkylation sites (N-methyl/N-ethyl adjacent to an activating group) is 1. The fraction of sp³-hybridized carbons (Fsp3) is 0.474. The molecule has 0 saturated carbocycles. The number of aryl methyl sites for hydroxylation is 1. The molecule has 1 fully saturated rings. The van der Waals surface area contributed by atoms with Crippen LogP contribution in [0.25, 0.3) is 0 Å². The molecule has 130 valence electrons. The van der Waals surface area contributed by atoms with Crippen LogP contribution in [0.2, 0.25) is 0 Å². The molecule has 1 saturated heterocycles. The average Bonchev–Trinajstić information content (AvgIpc) is 2.99. The highest BCUT2D eigenvalue weighted by Crippen LogP contribution is 2.24. The van der Waals surface area contributed by atoms with Crippen LogP contribution in [0.1, 0.15) is 30.0 Å². The van der Waals surface area contributed by atoms with Gasteiger partial charge in [-0.15, -0.1) is 0 Å². The molecule has 0 spiro atoms. The van der Waals surface area contributed by atoms with Crippen LogP contribution in [0.3, 0.4) is 0 Å². The van der Waals surface area contributed by atoms with Gasteiger partial charge in [0, 0.05) is 32.2 Å². The maximum atomic E-state index is 14.6. The van der Waals surface area contributed by atoms with E-state index in [0.717, 1.165) is 43.3 Å². The molecule has 1 aromatic carbocycles. The fourth-order valence-corrected chi connectivity index (χ4v) is 3.05. The van der Waals surface area contributed by atoms with Crippen molar-refractivity contribution in [2.24, 2.45) is 0 Å². The third-order valence-corrected chi connectivity index (χ3v) is 4.69. The molecular weight excluding hydrogens is 305 g/mol. The van der Waals surface area contributed by atoms with Crippen LogP contribution >= 0.6 is 0 Å². The topological polar surface area (TPSA) is 31.6 Å². The number of hydrogen-bond acceptors (Lipinski definition) is 4. The lowest BCUT2D eigenvalue weighted by atomic mass is 10.1. The zero-order valence-corrected chi connectivity index (χ0v) is 14.7. The SMILES string of the molecule is Cc1ccc(CN[C@H](C)c2ccc(N3CCN(C)CC3)c(F)c2)o1. The van der Waals surface area contributed by atoms with Crippen molar-refractivity contribution in [2.75, 3.05) is 38.1 Å². The van der Waals surface area contributed by atoms with Gasteiger partial charge in [0.1, 0.15) is 17.3 Å². The molecule has 2 aromatic rings. The highest BCUT2D eigenvalue weighted by atomic mass is 19.1. The Kier molecular flexibility index (Phi) is 5.21. The minimum atomic E-state index is -0.139. The molecule has 5 heteroatoms. The smallest absolute Gasteiger partial charge is 0.146 e. The van der Waals surface area contributed by atoms with Crippen LogP contribution in [0.4, 0.5) is 10.1 Å². The maximum Gasteiger partial charge on any atom is 0.146 e. The standard InChI is InChI=1S/C19H26FN3O/c1-14-4-6-17(24-14)13-21-15(2)16-5-7-19(18(20)12-16)23-10-8-22(3)9-11-23/h4-7,12,15,21H,8-11,13H2,1-3H3/t15-/m1/s1. The highest BCUT2D eigenvalue weighted by molar-refractivity contribution is 5.50. The Morgan fingerprint density at radius 3 is 2.54 bits per heavy atom.